The first-order valence-corrected chi connectivity index (χ1v) is 31.6. The van der Waals surface area contributed by atoms with Crippen molar-refractivity contribution in [3.63, 3.8) is 0 Å². The van der Waals surface area contributed by atoms with Crippen LogP contribution in [0.2, 0.25) is 0 Å². The van der Waals surface area contributed by atoms with Crippen LogP contribution in [0.1, 0.15) is 116 Å². The van der Waals surface area contributed by atoms with Crippen LogP contribution in [0.25, 0.3) is 21.8 Å². The van der Waals surface area contributed by atoms with E-state index in [1.807, 2.05) is 88.5 Å². The molecule has 0 unspecified atom stereocenters. The lowest BCUT2D eigenvalue weighted by atomic mass is 9.97. The van der Waals surface area contributed by atoms with Crippen LogP contribution >= 0.6 is 11.3 Å². The minimum absolute atomic E-state index is 0.119. The fourth-order valence-electron chi connectivity index (χ4n) is 9.86. The number of aliphatic carboxylic acids is 3. The van der Waals surface area contributed by atoms with Crippen molar-refractivity contribution in [2.75, 3.05) is 37.1 Å². The normalized spacial score (nSPS) is 12.6. The van der Waals surface area contributed by atoms with Crippen LogP contribution in [0.15, 0.2) is 83.9 Å². The summed E-state index contributed by atoms with van der Waals surface area (Å²) in [5.41, 5.74) is 34.7. The monoisotopic (exact) mass is 1440 g/mol. The minimum Gasteiger partial charge on any atom is -0.490 e. The molecule has 0 aliphatic heterocycles. The highest BCUT2D eigenvalue weighted by atomic mass is 32.1. The Labute approximate surface area is 570 Å². The Bertz CT molecular complexity index is 3900. The number of carboxylic acid groups (broad SMARTS) is 3. The van der Waals surface area contributed by atoms with Crippen LogP contribution in [-0.4, -0.2) is 129 Å². The van der Waals surface area contributed by atoms with Gasteiger partial charge >= 0.3 is 36.4 Å². The van der Waals surface area contributed by atoms with Crippen LogP contribution in [0.5, 0.6) is 23.0 Å². The van der Waals surface area contributed by atoms with Gasteiger partial charge in [0.1, 0.15) is 0 Å². The number of hydrogen-bond donors (Lipinski definition) is 11. The van der Waals surface area contributed by atoms with E-state index in [-0.39, 0.29) is 28.9 Å². The summed E-state index contributed by atoms with van der Waals surface area (Å²) in [6.07, 6.45) is -6.28. The number of hydrogen-bond acceptors (Lipinski definition) is 19. The van der Waals surface area contributed by atoms with Gasteiger partial charge in [0.2, 0.25) is 11.8 Å². The van der Waals surface area contributed by atoms with E-state index in [2.05, 4.69) is 43.1 Å². The lowest BCUT2D eigenvalue weighted by Crippen LogP contribution is -2.44. The number of alkyl halides is 9. The number of benzene rings is 4. The molecule has 1 fully saturated rings. The van der Waals surface area contributed by atoms with Crippen molar-refractivity contribution in [1.29, 1.82) is 0 Å². The molecule has 544 valence electrons. The summed E-state index contributed by atoms with van der Waals surface area (Å²) < 4.78 is 118. The number of halogens is 9. The van der Waals surface area contributed by atoms with Gasteiger partial charge in [-0.1, -0.05) is 51.0 Å². The molecule has 7 aromatic rings. The SMILES string of the molecule is CCOc1cc2ncc(C(N)=O)c(Nc3cccc(CNC(=O)[C@@H](N)C4CCCC4)c3CC)c2cc1OCC.CCOc1cc2ncc(C(N)=O)c(Nc3cccc(CNC(=O)[C@@H](N)Cc4cscn4)c3CC)c2cc1OCC.O=C(O)C(F)(F)F.O=C(O)C(F)(F)F.O=C(O)C(F)(F)F. The molecule has 8 rings (SSSR count). The number of nitrogens with two attached hydrogens (primary N) is 4. The molecule has 1 saturated carbocycles. The zero-order chi connectivity index (χ0) is 74.8. The maximum atomic E-state index is 12.8. The Morgan fingerprint density at radius 1 is 0.560 bits per heavy atom. The average Bonchev–Trinajstić information content (AvgIpc) is 0.803. The number of nitrogens with one attached hydrogen (secondary N) is 4. The molecule has 3 heterocycles. The molecule has 3 aromatic heterocycles. The van der Waals surface area contributed by atoms with Gasteiger partial charge in [-0.15, -0.1) is 11.3 Å². The summed E-state index contributed by atoms with van der Waals surface area (Å²) in [4.78, 5) is 90.2. The van der Waals surface area contributed by atoms with Crippen molar-refractivity contribution in [3.05, 3.63) is 123 Å². The number of aromatic nitrogens is 3. The number of amides is 4. The van der Waals surface area contributed by atoms with Gasteiger partial charge < -0.3 is 78.5 Å². The fourth-order valence-corrected chi connectivity index (χ4v) is 10.4. The van der Waals surface area contributed by atoms with E-state index in [1.54, 1.807) is 17.6 Å². The van der Waals surface area contributed by atoms with Crippen molar-refractivity contribution in [2.45, 2.75) is 130 Å². The Hall–Kier alpha value is -10.3. The number of fused-ring (bicyclic) bond motifs is 2. The van der Waals surface area contributed by atoms with Gasteiger partial charge in [0.05, 0.1) is 83.3 Å². The van der Waals surface area contributed by atoms with Crippen LogP contribution in [0, 0.1) is 5.92 Å². The molecule has 35 heteroatoms. The number of ether oxygens (including phenoxy) is 4. The number of carbonyl (C=O) groups excluding carboxylic acids is 4. The standard InChI is InChI=1S/C30H39N5O4.C29H34N6O4S.3C2HF3O2/c1-4-20-19(16-34-30(37)27(31)18-10-7-8-11-18)12-9-13-23(20)35-28-21-14-25(38-5-2)26(39-6-3)15-24(21)33-17-22(28)29(32)36;1-4-19-17(13-33-29(37)22(30)10-18-15-40-16-34-18)8-7-9-23(19)35-27-20-11-25(38-5-2)26(39-6-3)12-24(20)32-14-21(27)28(31)36;3*3-2(4,5)1(6)7/h9,12-15,17-18,27H,4-8,10-11,16,31H2,1-3H3,(H2,32,36)(H,33,35)(H,34,37);7-9,11-12,14-16,22H,4-6,10,13,30H2,1-3H3,(H2,31,36)(H,32,35)(H,33,37);3*(H,6,7)/t27-;22-;;;/m00.../s1. The number of primary amides is 2. The molecule has 100 heavy (non-hydrogen) atoms. The molecule has 4 aromatic carbocycles. The molecule has 1 aliphatic rings. The van der Waals surface area contributed by atoms with E-state index in [9.17, 15) is 58.7 Å². The van der Waals surface area contributed by atoms with Crippen molar-refractivity contribution < 1.29 is 107 Å². The van der Waals surface area contributed by atoms with E-state index in [0.717, 1.165) is 65.0 Å². The van der Waals surface area contributed by atoms with Crippen molar-refractivity contribution in [3.8, 4) is 23.0 Å². The Morgan fingerprint density at radius 2 is 0.920 bits per heavy atom. The van der Waals surface area contributed by atoms with Crippen LogP contribution < -0.4 is 63.1 Å². The number of rotatable bonds is 25. The van der Waals surface area contributed by atoms with Gasteiger partial charge in [-0.2, -0.15) is 39.5 Å². The third-order valence-corrected chi connectivity index (χ3v) is 15.1. The van der Waals surface area contributed by atoms with Gasteiger partial charge in [0, 0.05) is 71.6 Å². The zero-order valence-electron chi connectivity index (χ0n) is 54.8. The van der Waals surface area contributed by atoms with E-state index < -0.39 is 60.3 Å². The lowest BCUT2D eigenvalue weighted by Gasteiger charge is -2.21. The maximum Gasteiger partial charge on any atom is 0.490 e. The fraction of sp³-hybridized carbons (Fsp3) is 0.385. The molecular weight excluding hydrogens is 1360 g/mol. The highest BCUT2D eigenvalue weighted by molar-refractivity contribution is 7.07. The Balaban J connectivity index is 0.000000329. The van der Waals surface area contributed by atoms with Crippen LogP contribution in [-0.2, 0) is 56.3 Å². The van der Waals surface area contributed by atoms with Crippen LogP contribution in [0.3, 0.4) is 0 Å². The summed E-state index contributed by atoms with van der Waals surface area (Å²) in [5.74, 6) is -7.34. The van der Waals surface area contributed by atoms with E-state index in [1.165, 1.54) is 23.7 Å². The predicted octanol–water partition coefficient (Wildman–Crippen LogP) is 10.6. The van der Waals surface area contributed by atoms with E-state index in [4.69, 9.17) is 71.6 Å². The second kappa shape index (κ2) is 38.2. The molecule has 4 amide bonds. The van der Waals surface area contributed by atoms with Crippen molar-refractivity contribution in [2.24, 2.45) is 28.9 Å². The first-order valence-electron chi connectivity index (χ1n) is 30.7. The first-order chi connectivity index (χ1) is 47.1. The second-order valence-electron chi connectivity index (χ2n) is 21.2. The number of thiazole rings is 1. The number of carboxylic acids is 3. The number of carbonyl (C=O) groups is 7. The molecule has 0 saturated heterocycles. The molecule has 0 bridgehead atoms. The van der Waals surface area contributed by atoms with Crippen molar-refractivity contribution in [1.82, 2.24) is 25.6 Å². The highest BCUT2D eigenvalue weighted by Gasteiger charge is 2.40. The lowest BCUT2D eigenvalue weighted by molar-refractivity contribution is -0.193. The molecule has 1 aliphatic carbocycles. The average molecular weight is 1440 g/mol. The third-order valence-electron chi connectivity index (χ3n) is 14.5. The number of anilines is 4. The predicted molar refractivity (Wildman–Crippen MR) is 352 cm³/mol. The summed E-state index contributed by atoms with van der Waals surface area (Å²) in [6, 6.07) is 17.7. The Morgan fingerprint density at radius 3 is 1.24 bits per heavy atom. The van der Waals surface area contributed by atoms with Gasteiger partial charge in [-0.25, -0.2) is 19.4 Å². The summed E-state index contributed by atoms with van der Waals surface area (Å²) >= 11 is 1.47. The molecule has 15 N–H and O–H groups in total. The molecule has 0 radical (unpaired) electrons. The summed E-state index contributed by atoms with van der Waals surface area (Å²) in [6.45, 7) is 14.2. The Kier molecular flexibility index (Phi) is 31.4. The van der Waals surface area contributed by atoms with Crippen molar-refractivity contribution >= 4 is 97.4 Å². The molecular formula is C65H76F9N11O14S. The molecule has 0 spiro atoms. The van der Waals surface area contributed by atoms with Gasteiger partial charge in [0.25, 0.3) is 11.8 Å². The zero-order valence-corrected chi connectivity index (χ0v) is 55.6. The quantitative estimate of drug-likeness (QED) is 0.0237. The van der Waals surface area contributed by atoms with Gasteiger partial charge in [-0.3, -0.25) is 29.1 Å². The van der Waals surface area contributed by atoms with Crippen LogP contribution in [0.4, 0.5) is 62.3 Å². The largest absolute Gasteiger partial charge is 0.490 e. The molecule has 2 atom stereocenters. The number of nitrogens with zero attached hydrogens (tertiary/aromatic N) is 3. The van der Waals surface area contributed by atoms with Gasteiger partial charge in [0.15, 0.2) is 23.0 Å². The summed E-state index contributed by atoms with van der Waals surface area (Å²) in [7, 11) is 0. The molecule has 25 nitrogen and oxygen atoms in total. The minimum atomic E-state index is -5.08. The maximum absolute atomic E-state index is 12.8. The van der Waals surface area contributed by atoms with E-state index in [0.29, 0.717) is 115 Å². The first kappa shape index (κ1) is 82.1. The second-order valence-corrected chi connectivity index (χ2v) is 22.0. The van der Waals surface area contributed by atoms with E-state index >= 15 is 0 Å². The number of pyridine rings is 2. The topological polar surface area (TPSA) is 408 Å². The smallest absolute Gasteiger partial charge is 0.490 e. The highest BCUT2D eigenvalue weighted by Crippen LogP contribution is 2.41. The summed E-state index contributed by atoms with van der Waals surface area (Å²) in [5, 5.41) is 37.5. The van der Waals surface area contributed by atoms with Gasteiger partial charge in [-0.05, 0) is 106 Å². The third kappa shape index (κ3) is 24.0.